The first-order chi connectivity index (χ1) is 7.54. The maximum Gasteiger partial charge on any atom is 0.157 e. The van der Waals surface area contributed by atoms with E-state index in [1.807, 2.05) is 6.92 Å². The van der Waals surface area contributed by atoms with Gasteiger partial charge in [-0.2, -0.15) is 0 Å². The molecule has 0 spiro atoms. The lowest BCUT2D eigenvalue weighted by atomic mass is 10.1. The van der Waals surface area contributed by atoms with Crippen LogP contribution >= 0.6 is 0 Å². The summed E-state index contributed by atoms with van der Waals surface area (Å²) in [5.41, 5.74) is 0.589. The van der Waals surface area contributed by atoms with E-state index in [1.54, 1.807) is 6.07 Å². The van der Waals surface area contributed by atoms with Crippen LogP contribution in [0.1, 0.15) is 31.9 Å². The van der Waals surface area contributed by atoms with Gasteiger partial charge < -0.3 is 20.6 Å². The molecular weight excluding hydrogens is 206 g/mol. The Morgan fingerprint density at radius 3 is 2.50 bits per heavy atom. The molecule has 0 radical (unpaired) electrons. The van der Waals surface area contributed by atoms with Crippen LogP contribution in [0.5, 0.6) is 11.5 Å². The third kappa shape index (κ3) is 3.40. The highest BCUT2D eigenvalue weighted by Gasteiger charge is 2.10. The molecular formula is C12H19NO3. The Balaban J connectivity index is 2.59. The Hall–Kier alpha value is -1.26. The number of phenolic OH excluding ortho intramolecular Hbond substituents is 2. The van der Waals surface area contributed by atoms with Gasteiger partial charge in [0.15, 0.2) is 11.5 Å². The van der Waals surface area contributed by atoms with Crippen molar-refractivity contribution in [3.63, 3.8) is 0 Å². The Kier molecular flexibility index (Phi) is 4.58. The molecule has 0 heterocycles. The van der Waals surface area contributed by atoms with E-state index in [2.05, 4.69) is 12.2 Å². The SMILES string of the molecule is CCC(C)NCC(O)c1ccc(O)c(O)c1. The van der Waals surface area contributed by atoms with Gasteiger partial charge in [-0.1, -0.05) is 13.0 Å². The zero-order valence-corrected chi connectivity index (χ0v) is 9.64. The van der Waals surface area contributed by atoms with Crippen molar-refractivity contribution in [2.75, 3.05) is 6.54 Å². The minimum atomic E-state index is -0.680. The third-order valence-corrected chi connectivity index (χ3v) is 2.66. The normalized spacial score (nSPS) is 14.7. The van der Waals surface area contributed by atoms with Gasteiger partial charge >= 0.3 is 0 Å². The molecule has 0 aliphatic heterocycles. The third-order valence-electron chi connectivity index (χ3n) is 2.66. The molecule has 16 heavy (non-hydrogen) atoms. The fourth-order valence-corrected chi connectivity index (χ4v) is 1.32. The Morgan fingerprint density at radius 1 is 1.25 bits per heavy atom. The molecule has 4 heteroatoms. The van der Waals surface area contributed by atoms with Crippen molar-refractivity contribution in [2.45, 2.75) is 32.4 Å². The van der Waals surface area contributed by atoms with Crippen LogP contribution in [-0.2, 0) is 0 Å². The maximum atomic E-state index is 9.83. The smallest absolute Gasteiger partial charge is 0.157 e. The predicted molar refractivity (Wildman–Crippen MR) is 62.5 cm³/mol. The van der Waals surface area contributed by atoms with Crippen LogP contribution in [0, 0.1) is 0 Å². The molecule has 2 atom stereocenters. The molecule has 0 saturated carbocycles. The average Bonchev–Trinajstić information content (AvgIpc) is 2.29. The highest BCUT2D eigenvalue weighted by Crippen LogP contribution is 2.27. The highest BCUT2D eigenvalue weighted by molar-refractivity contribution is 5.41. The van der Waals surface area contributed by atoms with Gasteiger partial charge in [0, 0.05) is 12.6 Å². The van der Waals surface area contributed by atoms with Crippen molar-refractivity contribution in [3.8, 4) is 11.5 Å². The van der Waals surface area contributed by atoms with Gasteiger partial charge in [0.2, 0.25) is 0 Å². The van der Waals surface area contributed by atoms with Crippen LogP contribution in [0.3, 0.4) is 0 Å². The molecule has 1 rings (SSSR count). The molecule has 0 aliphatic carbocycles. The number of aliphatic hydroxyl groups excluding tert-OH is 1. The van der Waals surface area contributed by atoms with Crippen LogP contribution in [0.15, 0.2) is 18.2 Å². The molecule has 0 bridgehead atoms. The van der Waals surface area contributed by atoms with Crippen molar-refractivity contribution in [1.82, 2.24) is 5.32 Å². The van der Waals surface area contributed by atoms with Gasteiger partial charge in [0.25, 0.3) is 0 Å². The van der Waals surface area contributed by atoms with E-state index < -0.39 is 6.10 Å². The first-order valence-electron chi connectivity index (χ1n) is 5.48. The van der Waals surface area contributed by atoms with Gasteiger partial charge in [-0.25, -0.2) is 0 Å². The molecule has 0 fully saturated rings. The second-order valence-corrected chi connectivity index (χ2v) is 3.98. The molecule has 2 unspecified atom stereocenters. The topological polar surface area (TPSA) is 72.7 Å². The molecule has 1 aromatic carbocycles. The van der Waals surface area contributed by atoms with Crippen LogP contribution < -0.4 is 5.32 Å². The van der Waals surface area contributed by atoms with Crippen molar-refractivity contribution < 1.29 is 15.3 Å². The minimum absolute atomic E-state index is 0.175. The lowest BCUT2D eigenvalue weighted by Gasteiger charge is -2.16. The number of aromatic hydroxyl groups is 2. The van der Waals surface area contributed by atoms with Crippen LogP contribution in [-0.4, -0.2) is 27.9 Å². The summed E-state index contributed by atoms with van der Waals surface area (Å²) in [6.07, 6.45) is 0.314. The number of phenols is 2. The van der Waals surface area contributed by atoms with E-state index in [0.717, 1.165) is 6.42 Å². The van der Waals surface area contributed by atoms with E-state index >= 15 is 0 Å². The van der Waals surface area contributed by atoms with Crippen LogP contribution in [0.25, 0.3) is 0 Å². The summed E-state index contributed by atoms with van der Waals surface area (Å²) in [6.45, 7) is 4.54. The Bertz CT molecular complexity index is 341. The molecule has 4 nitrogen and oxygen atoms in total. The molecule has 90 valence electrons. The van der Waals surface area contributed by atoms with Gasteiger partial charge in [-0.05, 0) is 31.0 Å². The quantitative estimate of drug-likeness (QED) is 0.573. The van der Waals surface area contributed by atoms with E-state index in [4.69, 9.17) is 5.11 Å². The number of benzene rings is 1. The minimum Gasteiger partial charge on any atom is -0.504 e. The Morgan fingerprint density at radius 2 is 1.94 bits per heavy atom. The molecule has 0 aromatic heterocycles. The standard InChI is InChI=1S/C12H19NO3/c1-3-8(2)13-7-12(16)9-4-5-10(14)11(15)6-9/h4-6,8,12-16H,3,7H2,1-2H3. The monoisotopic (exact) mass is 225 g/mol. The van der Waals surface area contributed by atoms with E-state index in [1.165, 1.54) is 12.1 Å². The number of hydrogen-bond donors (Lipinski definition) is 4. The lowest BCUT2D eigenvalue weighted by molar-refractivity contribution is 0.170. The summed E-state index contributed by atoms with van der Waals surface area (Å²) in [6, 6.07) is 4.69. The number of aliphatic hydroxyl groups is 1. The molecule has 4 N–H and O–H groups in total. The number of hydrogen-bond acceptors (Lipinski definition) is 4. The summed E-state index contributed by atoms with van der Waals surface area (Å²) >= 11 is 0. The summed E-state index contributed by atoms with van der Waals surface area (Å²) in [5, 5.41) is 31.4. The first-order valence-corrected chi connectivity index (χ1v) is 5.48. The van der Waals surface area contributed by atoms with Crippen molar-refractivity contribution in [2.24, 2.45) is 0 Å². The first kappa shape index (κ1) is 12.8. The molecule has 0 amide bonds. The summed E-state index contributed by atoms with van der Waals surface area (Å²) in [4.78, 5) is 0. The largest absolute Gasteiger partial charge is 0.504 e. The van der Waals surface area contributed by atoms with Gasteiger partial charge in [0.1, 0.15) is 0 Å². The second kappa shape index (κ2) is 5.72. The summed E-state index contributed by atoms with van der Waals surface area (Å²) in [5.74, 6) is -0.383. The van der Waals surface area contributed by atoms with Gasteiger partial charge in [-0.15, -0.1) is 0 Å². The molecule has 1 aromatic rings. The Labute approximate surface area is 95.6 Å². The van der Waals surface area contributed by atoms with E-state index in [9.17, 15) is 10.2 Å². The zero-order valence-electron chi connectivity index (χ0n) is 9.64. The van der Waals surface area contributed by atoms with Crippen molar-refractivity contribution >= 4 is 0 Å². The number of nitrogens with one attached hydrogen (secondary N) is 1. The van der Waals surface area contributed by atoms with Crippen molar-refractivity contribution in [1.29, 1.82) is 0 Å². The van der Waals surface area contributed by atoms with Gasteiger partial charge in [-0.3, -0.25) is 0 Å². The fraction of sp³-hybridized carbons (Fsp3) is 0.500. The second-order valence-electron chi connectivity index (χ2n) is 3.98. The van der Waals surface area contributed by atoms with E-state index in [-0.39, 0.29) is 11.5 Å². The fourth-order valence-electron chi connectivity index (χ4n) is 1.32. The zero-order chi connectivity index (χ0) is 12.1. The average molecular weight is 225 g/mol. The summed E-state index contributed by atoms with van der Waals surface area (Å²) in [7, 11) is 0. The lowest BCUT2D eigenvalue weighted by Crippen LogP contribution is -2.29. The predicted octanol–water partition coefficient (Wildman–Crippen LogP) is 1.52. The van der Waals surface area contributed by atoms with Crippen molar-refractivity contribution in [3.05, 3.63) is 23.8 Å². The van der Waals surface area contributed by atoms with E-state index in [0.29, 0.717) is 18.2 Å². The number of rotatable bonds is 5. The van der Waals surface area contributed by atoms with Crippen LogP contribution in [0.2, 0.25) is 0 Å². The van der Waals surface area contributed by atoms with Crippen LogP contribution in [0.4, 0.5) is 0 Å². The summed E-state index contributed by atoms with van der Waals surface area (Å²) < 4.78 is 0. The van der Waals surface area contributed by atoms with Gasteiger partial charge in [0.05, 0.1) is 6.10 Å². The maximum absolute atomic E-state index is 9.83. The molecule has 0 saturated heterocycles. The molecule has 0 aliphatic rings. The highest BCUT2D eigenvalue weighted by atomic mass is 16.3.